The van der Waals surface area contributed by atoms with Gasteiger partial charge in [0.2, 0.25) is 0 Å². The van der Waals surface area contributed by atoms with Gasteiger partial charge in [-0.2, -0.15) is 8.78 Å². The zero-order valence-corrected chi connectivity index (χ0v) is 13.0. The second kappa shape index (κ2) is 6.95. The third-order valence-electron chi connectivity index (χ3n) is 2.82. The summed E-state index contributed by atoms with van der Waals surface area (Å²) in [5.74, 6) is -4.21. The Labute approximate surface area is 140 Å². The fourth-order valence-corrected chi connectivity index (χ4v) is 1.88. The summed E-state index contributed by atoms with van der Waals surface area (Å²) in [4.78, 5) is 23.4. The lowest BCUT2D eigenvalue weighted by molar-refractivity contribution is -0.151. The molecule has 0 saturated carbocycles. The molecule has 0 radical (unpaired) electrons. The maximum atomic E-state index is 13.2. The van der Waals surface area contributed by atoms with Gasteiger partial charge in [0.25, 0.3) is 0 Å². The predicted octanol–water partition coefficient (Wildman–Crippen LogP) is 1.95. The Morgan fingerprint density at radius 3 is 2.08 bits per heavy atom. The van der Waals surface area contributed by atoms with Gasteiger partial charge in [0.15, 0.2) is 10.1 Å². The van der Waals surface area contributed by atoms with E-state index in [2.05, 4.69) is 4.74 Å². The summed E-state index contributed by atoms with van der Waals surface area (Å²) in [5, 5.41) is -5.30. The number of alkyl halides is 2. The highest BCUT2D eigenvalue weighted by atomic mass is 32.2. The molecule has 0 amide bonds. The number of hydrogen-bond donors (Lipinski definition) is 0. The Hall–Kier alpha value is -2.85. The summed E-state index contributed by atoms with van der Waals surface area (Å²) in [6, 6.07) is 12.4. The minimum absolute atomic E-state index is 0.140. The van der Waals surface area contributed by atoms with E-state index in [1.54, 1.807) is 18.2 Å². The minimum Gasteiger partial charge on any atom is -0.743 e. The summed E-state index contributed by atoms with van der Waals surface area (Å²) >= 11 is 0. The van der Waals surface area contributed by atoms with E-state index in [1.165, 1.54) is 24.3 Å². The van der Waals surface area contributed by atoms with Crippen LogP contribution in [0.15, 0.2) is 54.6 Å². The van der Waals surface area contributed by atoms with Crippen molar-refractivity contribution in [3.63, 3.8) is 0 Å². The quantitative estimate of drug-likeness (QED) is 0.449. The van der Waals surface area contributed by atoms with Crippen LogP contribution < -0.4 is 9.47 Å². The molecule has 0 aliphatic carbocycles. The number of carbonyl (C=O) groups is 2. The van der Waals surface area contributed by atoms with Crippen LogP contribution in [0.2, 0.25) is 0 Å². The van der Waals surface area contributed by atoms with Crippen LogP contribution in [0.1, 0.15) is 10.4 Å². The zero-order chi connectivity index (χ0) is 18.7. The minimum atomic E-state index is -6.28. The van der Waals surface area contributed by atoms with Crippen LogP contribution in [0.5, 0.6) is 11.5 Å². The molecule has 25 heavy (non-hydrogen) atoms. The van der Waals surface area contributed by atoms with Crippen LogP contribution in [0.3, 0.4) is 0 Å². The molecule has 2 rings (SSSR count). The molecule has 0 fully saturated rings. The second-order valence-electron chi connectivity index (χ2n) is 4.56. The summed E-state index contributed by atoms with van der Waals surface area (Å²) in [6.45, 7) is 0. The van der Waals surface area contributed by atoms with E-state index in [4.69, 9.17) is 4.74 Å². The number of halogens is 2. The fraction of sp³-hybridized carbons (Fsp3) is 0.0667. The highest BCUT2D eigenvalue weighted by molar-refractivity contribution is 7.87. The number of ether oxygens (including phenoxy) is 2. The van der Waals surface area contributed by atoms with Crippen molar-refractivity contribution in [2.45, 2.75) is 5.25 Å². The molecule has 0 aliphatic rings. The summed E-state index contributed by atoms with van der Waals surface area (Å²) in [5.41, 5.74) is -0.418. The van der Waals surface area contributed by atoms with E-state index in [-0.39, 0.29) is 5.75 Å². The Morgan fingerprint density at radius 1 is 0.920 bits per heavy atom. The standard InChI is InChI=1S/C15H10F2O7S/c16-15(17,25(20,21)22)14(19)24-12-9-5-4-8-11(12)13(18)23-10-6-2-1-3-7-10/h1-9H,(H,20,21,22)/p-1. The van der Waals surface area contributed by atoms with Crippen LogP contribution >= 0.6 is 0 Å². The van der Waals surface area contributed by atoms with Crippen molar-refractivity contribution in [2.75, 3.05) is 0 Å². The first-order valence-corrected chi connectivity index (χ1v) is 7.95. The molecule has 0 heterocycles. The van der Waals surface area contributed by atoms with Gasteiger partial charge in [-0.15, -0.1) is 0 Å². The molecule has 0 saturated heterocycles. The highest BCUT2D eigenvalue weighted by Crippen LogP contribution is 2.26. The topological polar surface area (TPSA) is 110 Å². The number of hydrogen-bond acceptors (Lipinski definition) is 7. The Balaban J connectivity index is 2.26. The molecule has 2 aromatic rings. The van der Waals surface area contributed by atoms with Crippen LogP contribution in [0, 0.1) is 0 Å². The Kier molecular flexibility index (Phi) is 5.14. The highest BCUT2D eigenvalue weighted by Gasteiger charge is 2.49. The van der Waals surface area contributed by atoms with Crippen LogP contribution in [-0.4, -0.2) is 30.2 Å². The molecular weight excluding hydrogens is 362 g/mol. The molecule has 0 bridgehead atoms. The van der Waals surface area contributed by atoms with Gasteiger partial charge in [-0.1, -0.05) is 30.3 Å². The lowest BCUT2D eigenvalue weighted by atomic mass is 10.2. The molecule has 0 atom stereocenters. The molecule has 7 nitrogen and oxygen atoms in total. The molecule has 0 aliphatic heterocycles. The molecule has 0 N–H and O–H groups in total. The maximum Gasteiger partial charge on any atom is 0.429 e. The van der Waals surface area contributed by atoms with Crippen LogP contribution in [0.4, 0.5) is 8.78 Å². The number of carbonyl (C=O) groups excluding carboxylic acids is 2. The van der Waals surface area contributed by atoms with Crippen molar-refractivity contribution >= 4 is 22.1 Å². The largest absolute Gasteiger partial charge is 0.743 e. The van der Waals surface area contributed by atoms with Gasteiger partial charge in [-0.05, 0) is 24.3 Å². The monoisotopic (exact) mass is 371 g/mol. The zero-order valence-electron chi connectivity index (χ0n) is 12.2. The van der Waals surface area contributed by atoms with E-state index in [9.17, 15) is 31.3 Å². The molecule has 0 aromatic heterocycles. The van der Waals surface area contributed by atoms with Gasteiger partial charge in [0, 0.05) is 0 Å². The van der Waals surface area contributed by atoms with E-state index < -0.39 is 38.6 Å². The number of benzene rings is 2. The first-order valence-electron chi connectivity index (χ1n) is 6.54. The average molecular weight is 371 g/mol. The molecule has 2 aromatic carbocycles. The van der Waals surface area contributed by atoms with E-state index >= 15 is 0 Å². The predicted molar refractivity (Wildman–Crippen MR) is 78.1 cm³/mol. The van der Waals surface area contributed by atoms with E-state index in [0.29, 0.717) is 0 Å². The smallest absolute Gasteiger partial charge is 0.429 e. The van der Waals surface area contributed by atoms with Crippen molar-refractivity contribution in [1.29, 1.82) is 0 Å². The molecule has 0 spiro atoms. The number of rotatable bonds is 5. The second-order valence-corrected chi connectivity index (χ2v) is 5.98. The fourth-order valence-electron chi connectivity index (χ4n) is 1.64. The summed E-state index contributed by atoms with van der Waals surface area (Å²) in [6.07, 6.45) is 0. The summed E-state index contributed by atoms with van der Waals surface area (Å²) in [7, 11) is -6.28. The van der Waals surface area contributed by atoms with Crippen molar-refractivity contribution < 1.29 is 40.8 Å². The lowest BCUT2D eigenvalue weighted by Crippen LogP contribution is -2.40. The number of esters is 2. The molecular formula is C15H9F2O7S-. The van der Waals surface area contributed by atoms with Crippen LogP contribution in [0.25, 0.3) is 0 Å². The van der Waals surface area contributed by atoms with Crippen molar-refractivity contribution in [1.82, 2.24) is 0 Å². The maximum absolute atomic E-state index is 13.2. The van der Waals surface area contributed by atoms with E-state index in [0.717, 1.165) is 12.1 Å². The van der Waals surface area contributed by atoms with Gasteiger partial charge >= 0.3 is 17.2 Å². The van der Waals surface area contributed by atoms with Gasteiger partial charge in [0.05, 0.1) is 0 Å². The number of para-hydroxylation sites is 2. The van der Waals surface area contributed by atoms with E-state index in [1.807, 2.05) is 0 Å². The van der Waals surface area contributed by atoms with Crippen LogP contribution in [-0.2, 0) is 14.9 Å². The van der Waals surface area contributed by atoms with Gasteiger partial charge in [-0.25, -0.2) is 18.0 Å². The lowest BCUT2D eigenvalue weighted by Gasteiger charge is -2.18. The summed E-state index contributed by atoms with van der Waals surface area (Å²) < 4.78 is 66.9. The Morgan fingerprint density at radius 2 is 1.48 bits per heavy atom. The first-order chi connectivity index (χ1) is 11.6. The average Bonchev–Trinajstić information content (AvgIpc) is 2.55. The van der Waals surface area contributed by atoms with Crippen molar-refractivity contribution in [2.24, 2.45) is 0 Å². The molecule has 10 heteroatoms. The molecule has 0 unspecified atom stereocenters. The van der Waals surface area contributed by atoms with Gasteiger partial charge in [-0.3, -0.25) is 0 Å². The SMILES string of the molecule is O=C(Oc1ccccc1)c1ccccc1OC(=O)C(F)(F)S(=O)(=O)[O-]. The third-order valence-corrected chi connectivity index (χ3v) is 3.61. The van der Waals surface area contributed by atoms with Crippen molar-refractivity contribution in [3.8, 4) is 11.5 Å². The molecule has 132 valence electrons. The van der Waals surface area contributed by atoms with Gasteiger partial charge < -0.3 is 14.0 Å². The van der Waals surface area contributed by atoms with Crippen molar-refractivity contribution in [3.05, 3.63) is 60.2 Å². The normalized spacial score (nSPS) is 11.6. The Bertz CT molecular complexity index is 895. The third kappa shape index (κ3) is 4.17. The van der Waals surface area contributed by atoms with Gasteiger partial charge in [0.1, 0.15) is 17.1 Å². The first kappa shape index (κ1) is 18.5.